The molecule has 0 fully saturated rings. The Kier molecular flexibility index (Phi) is 2.57. The van der Waals surface area contributed by atoms with Crippen molar-refractivity contribution in [2.75, 3.05) is 0 Å². The molecule has 0 aliphatic heterocycles. The van der Waals surface area contributed by atoms with Crippen LogP contribution in [0.15, 0.2) is 42.9 Å². The maximum Gasteiger partial charge on any atom is 0.0800 e. The standard InChI is InChI=1S/C14H14N4/c1-9-13(10-4-2-3-5-11(10)18-9)14(15)12-8-16-6-7-17-12/h2-8,14,18H,15H2,1H3. The second kappa shape index (κ2) is 4.23. The molecule has 0 saturated carbocycles. The van der Waals surface area contributed by atoms with E-state index in [1.165, 1.54) is 0 Å². The quantitative estimate of drug-likeness (QED) is 0.720. The van der Waals surface area contributed by atoms with Gasteiger partial charge in [-0.15, -0.1) is 0 Å². The SMILES string of the molecule is Cc1[nH]c2ccccc2c1C(N)c1cnccn1. The topological polar surface area (TPSA) is 67.6 Å². The number of aromatic nitrogens is 3. The molecule has 0 saturated heterocycles. The highest BCUT2D eigenvalue weighted by molar-refractivity contribution is 5.85. The fraction of sp³-hybridized carbons (Fsp3) is 0.143. The van der Waals surface area contributed by atoms with E-state index >= 15 is 0 Å². The molecule has 3 rings (SSSR count). The molecule has 1 unspecified atom stereocenters. The van der Waals surface area contributed by atoms with E-state index in [0.29, 0.717) is 0 Å². The van der Waals surface area contributed by atoms with Crippen molar-refractivity contribution in [3.05, 3.63) is 59.8 Å². The summed E-state index contributed by atoms with van der Waals surface area (Å²) in [7, 11) is 0. The fourth-order valence-corrected chi connectivity index (χ4v) is 2.32. The highest BCUT2D eigenvalue weighted by Gasteiger charge is 2.17. The van der Waals surface area contributed by atoms with Crippen LogP contribution in [-0.4, -0.2) is 15.0 Å². The average Bonchev–Trinajstić information content (AvgIpc) is 2.75. The molecular formula is C14H14N4. The van der Waals surface area contributed by atoms with E-state index < -0.39 is 0 Å². The second-order valence-corrected chi connectivity index (χ2v) is 4.32. The van der Waals surface area contributed by atoms with Crippen LogP contribution in [0.2, 0.25) is 0 Å². The van der Waals surface area contributed by atoms with Crippen molar-refractivity contribution in [3.8, 4) is 0 Å². The first-order chi connectivity index (χ1) is 8.77. The van der Waals surface area contributed by atoms with Gasteiger partial charge < -0.3 is 10.7 Å². The zero-order valence-corrected chi connectivity index (χ0v) is 10.1. The van der Waals surface area contributed by atoms with Crippen molar-refractivity contribution in [1.29, 1.82) is 0 Å². The average molecular weight is 238 g/mol. The molecule has 3 aromatic rings. The number of hydrogen-bond donors (Lipinski definition) is 2. The number of nitrogens with zero attached hydrogens (tertiary/aromatic N) is 2. The summed E-state index contributed by atoms with van der Waals surface area (Å²) in [5.74, 6) is 0. The van der Waals surface area contributed by atoms with Gasteiger partial charge in [0.05, 0.1) is 17.9 Å². The summed E-state index contributed by atoms with van der Waals surface area (Å²) in [5.41, 5.74) is 10.4. The molecule has 0 radical (unpaired) electrons. The van der Waals surface area contributed by atoms with E-state index in [1.807, 2.05) is 19.1 Å². The summed E-state index contributed by atoms with van der Waals surface area (Å²) in [6.45, 7) is 2.03. The summed E-state index contributed by atoms with van der Waals surface area (Å²) in [4.78, 5) is 11.7. The lowest BCUT2D eigenvalue weighted by atomic mass is 10.0. The number of aromatic amines is 1. The Morgan fingerprint density at radius 3 is 2.83 bits per heavy atom. The van der Waals surface area contributed by atoms with Gasteiger partial charge in [-0.2, -0.15) is 0 Å². The van der Waals surface area contributed by atoms with Crippen LogP contribution < -0.4 is 5.73 Å². The Labute approximate surface area is 105 Å². The molecule has 1 aromatic carbocycles. The molecule has 4 nitrogen and oxygen atoms in total. The molecule has 0 spiro atoms. The Balaban J connectivity index is 2.17. The van der Waals surface area contributed by atoms with Crippen molar-refractivity contribution in [2.45, 2.75) is 13.0 Å². The number of nitrogens with one attached hydrogen (secondary N) is 1. The van der Waals surface area contributed by atoms with Crippen LogP contribution in [0, 0.1) is 6.92 Å². The first kappa shape index (κ1) is 10.9. The van der Waals surface area contributed by atoms with Gasteiger partial charge in [0.25, 0.3) is 0 Å². The third kappa shape index (κ3) is 1.67. The van der Waals surface area contributed by atoms with Gasteiger partial charge in [0.1, 0.15) is 0 Å². The third-order valence-corrected chi connectivity index (χ3v) is 3.16. The molecule has 2 aromatic heterocycles. The first-order valence-electron chi connectivity index (χ1n) is 5.86. The van der Waals surface area contributed by atoms with E-state index in [-0.39, 0.29) is 6.04 Å². The molecule has 1 atom stereocenters. The minimum absolute atomic E-state index is 0.255. The zero-order chi connectivity index (χ0) is 12.5. The molecule has 0 aliphatic carbocycles. The summed E-state index contributed by atoms with van der Waals surface area (Å²) >= 11 is 0. The lowest BCUT2D eigenvalue weighted by Crippen LogP contribution is -2.14. The summed E-state index contributed by atoms with van der Waals surface area (Å²) in [6.07, 6.45) is 5.03. The van der Waals surface area contributed by atoms with Crippen LogP contribution in [0.4, 0.5) is 0 Å². The van der Waals surface area contributed by atoms with Gasteiger partial charge in [-0.25, -0.2) is 0 Å². The smallest absolute Gasteiger partial charge is 0.0800 e. The molecule has 18 heavy (non-hydrogen) atoms. The monoisotopic (exact) mass is 238 g/mol. The molecule has 90 valence electrons. The van der Waals surface area contributed by atoms with Gasteiger partial charge in [0.15, 0.2) is 0 Å². The maximum absolute atomic E-state index is 6.31. The van der Waals surface area contributed by atoms with Gasteiger partial charge in [-0.1, -0.05) is 18.2 Å². The van der Waals surface area contributed by atoms with Crippen molar-refractivity contribution >= 4 is 10.9 Å². The minimum Gasteiger partial charge on any atom is -0.358 e. The van der Waals surface area contributed by atoms with Crippen molar-refractivity contribution in [3.63, 3.8) is 0 Å². The maximum atomic E-state index is 6.31. The van der Waals surface area contributed by atoms with E-state index in [0.717, 1.165) is 27.9 Å². The number of rotatable bonds is 2. The number of para-hydroxylation sites is 1. The first-order valence-corrected chi connectivity index (χ1v) is 5.86. The Morgan fingerprint density at radius 1 is 1.22 bits per heavy atom. The van der Waals surface area contributed by atoms with E-state index in [4.69, 9.17) is 5.73 Å². The summed E-state index contributed by atoms with van der Waals surface area (Å²) < 4.78 is 0. The lowest BCUT2D eigenvalue weighted by molar-refractivity contribution is 0.816. The lowest BCUT2D eigenvalue weighted by Gasteiger charge is -2.11. The number of hydrogen-bond acceptors (Lipinski definition) is 3. The molecule has 2 heterocycles. The Hall–Kier alpha value is -2.20. The molecule has 4 heteroatoms. The van der Waals surface area contributed by atoms with Crippen molar-refractivity contribution in [1.82, 2.24) is 15.0 Å². The van der Waals surface area contributed by atoms with Crippen molar-refractivity contribution in [2.24, 2.45) is 5.73 Å². The number of H-pyrrole nitrogens is 1. The number of benzene rings is 1. The second-order valence-electron chi connectivity index (χ2n) is 4.32. The highest BCUT2D eigenvalue weighted by Crippen LogP contribution is 2.29. The van der Waals surface area contributed by atoms with Gasteiger partial charge in [-0.05, 0) is 13.0 Å². The van der Waals surface area contributed by atoms with Crippen LogP contribution in [-0.2, 0) is 0 Å². The van der Waals surface area contributed by atoms with Crippen LogP contribution in [0.3, 0.4) is 0 Å². The van der Waals surface area contributed by atoms with Gasteiger partial charge >= 0.3 is 0 Å². The van der Waals surface area contributed by atoms with Gasteiger partial charge in [0, 0.05) is 34.6 Å². The van der Waals surface area contributed by atoms with Crippen LogP contribution in [0.5, 0.6) is 0 Å². The van der Waals surface area contributed by atoms with E-state index in [2.05, 4.69) is 27.1 Å². The van der Waals surface area contributed by atoms with E-state index in [9.17, 15) is 0 Å². The third-order valence-electron chi connectivity index (χ3n) is 3.16. The largest absolute Gasteiger partial charge is 0.358 e. The zero-order valence-electron chi connectivity index (χ0n) is 10.1. The molecule has 3 N–H and O–H groups in total. The van der Waals surface area contributed by atoms with Crippen molar-refractivity contribution < 1.29 is 0 Å². The molecule has 0 bridgehead atoms. The van der Waals surface area contributed by atoms with Gasteiger partial charge in [0.2, 0.25) is 0 Å². The van der Waals surface area contributed by atoms with Crippen LogP contribution >= 0.6 is 0 Å². The number of aryl methyl sites for hydroxylation is 1. The highest BCUT2D eigenvalue weighted by atomic mass is 14.8. The predicted molar refractivity (Wildman–Crippen MR) is 71.1 cm³/mol. The minimum atomic E-state index is -0.255. The Morgan fingerprint density at radius 2 is 2.06 bits per heavy atom. The van der Waals surface area contributed by atoms with E-state index in [1.54, 1.807) is 18.6 Å². The summed E-state index contributed by atoms with van der Waals surface area (Å²) in [5, 5.41) is 1.15. The van der Waals surface area contributed by atoms with Crippen LogP contribution in [0.25, 0.3) is 10.9 Å². The van der Waals surface area contributed by atoms with Gasteiger partial charge in [-0.3, -0.25) is 9.97 Å². The number of fused-ring (bicyclic) bond motifs is 1. The summed E-state index contributed by atoms with van der Waals surface area (Å²) in [6, 6.07) is 7.90. The normalized spacial score (nSPS) is 12.8. The molecular weight excluding hydrogens is 224 g/mol. The fourth-order valence-electron chi connectivity index (χ4n) is 2.32. The molecule has 0 amide bonds. The molecule has 0 aliphatic rings. The predicted octanol–water partition coefficient (Wildman–Crippen LogP) is 2.31. The Bertz CT molecular complexity index is 673. The van der Waals surface area contributed by atoms with Crippen LogP contribution in [0.1, 0.15) is 23.0 Å². The number of nitrogens with two attached hydrogens (primary N) is 1.